The Hall–Kier alpha value is -0.410. The van der Waals surface area contributed by atoms with Crippen LogP contribution in [0.5, 0.6) is 0 Å². The molecule has 0 bridgehead atoms. The van der Waals surface area contributed by atoms with Crippen LogP contribution in [0.4, 0.5) is 13.2 Å². The summed E-state index contributed by atoms with van der Waals surface area (Å²) in [6.45, 7) is 0. The standard InChI is InChI=1S/C12H13Cl2F3/c13-8-2-4-10-9(3-1-5-11(10)14)6-7-12(15,16)17/h1,3,5H,2,4,6-8H2. The maximum absolute atomic E-state index is 12.2. The summed E-state index contributed by atoms with van der Waals surface area (Å²) in [6, 6.07) is 5.07. The van der Waals surface area contributed by atoms with Gasteiger partial charge >= 0.3 is 6.18 Å². The van der Waals surface area contributed by atoms with Gasteiger partial charge < -0.3 is 0 Å². The highest BCUT2D eigenvalue weighted by Gasteiger charge is 2.27. The first kappa shape index (κ1) is 14.7. The molecule has 0 aliphatic rings. The molecule has 0 aliphatic carbocycles. The van der Waals surface area contributed by atoms with Gasteiger partial charge in [0.15, 0.2) is 0 Å². The molecule has 0 atom stereocenters. The number of hydrogen-bond donors (Lipinski definition) is 0. The highest BCUT2D eigenvalue weighted by atomic mass is 35.5. The number of alkyl halides is 4. The summed E-state index contributed by atoms with van der Waals surface area (Å²) in [5, 5.41) is 0.523. The third-order valence-corrected chi connectivity index (χ3v) is 3.08. The summed E-state index contributed by atoms with van der Waals surface area (Å²) in [5.74, 6) is 0.476. The van der Waals surface area contributed by atoms with Gasteiger partial charge in [-0.3, -0.25) is 0 Å². The Morgan fingerprint density at radius 2 is 1.82 bits per heavy atom. The Bertz CT molecular complexity index is 361. The summed E-state index contributed by atoms with van der Waals surface area (Å²) in [6.07, 6.45) is -3.64. The minimum Gasteiger partial charge on any atom is -0.171 e. The average Bonchev–Trinajstić information content (AvgIpc) is 2.24. The molecule has 96 valence electrons. The number of benzene rings is 1. The van der Waals surface area contributed by atoms with Crippen LogP contribution in [-0.4, -0.2) is 12.1 Å². The molecule has 0 amide bonds. The van der Waals surface area contributed by atoms with Crippen LogP contribution in [0.1, 0.15) is 24.0 Å². The SMILES string of the molecule is FC(F)(F)CCc1cccc(Cl)c1CCCCl. The van der Waals surface area contributed by atoms with Crippen LogP contribution >= 0.6 is 23.2 Å². The lowest BCUT2D eigenvalue weighted by molar-refractivity contribution is -0.134. The van der Waals surface area contributed by atoms with E-state index in [2.05, 4.69) is 0 Å². The van der Waals surface area contributed by atoms with E-state index in [4.69, 9.17) is 23.2 Å². The van der Waals surface area contributed by atoms with E-state index >= 15 is 0 Å². The van der Waals surface area contributed by atoms with Crippen molar-refractivity contribution in [2.45, 2.75) is 31.9 Å². The Morgan fingerprint density at radius 1 is 1.12 bits per heavy atom. The van der Waals surface area contributed by atoms with Crippen molar-refractivity contribution in [1.82, 2.24) is 0 Å². The normalized spacial score (nSPS) is 11.8. The predicted octanol–water partition coefficient (Wildman–Crippen LogP) is 5.01. The van der Waals surface area contributed by atoms with Crippen molar-refractivity contribution in [2.75, 3.05) is 5.88 Å². The molecule has 0 radical (unpaired) electrons. The van der Waals surface area contributed by atoms with Gasteiger partial charge in [-0.2, -0.15) is 13.2 Å². The van der Waals surface area contributed by atoms with E-state index in [1.807, 2.05) is 0 Å². The second-order valence-electron chi connectivity index (χ2n) is 3.79. The van der Waals surface area contributed by atoms with Crippen LogP contribution < -0.4 is 0 Å². The maximum atomic E-state index is 12.2. The smallest absolute Gasteiger partial charge is 0.171 e. The van der Waals surface area contributed by atoms with E-state index < -0.39 is 12.6 Å². The molecule has 0 spiro atoms. The van der Waals surface area contributed by atoms with E-state index in [9.17, 15) is 13.2 Å². The topological polar surface area (TPSA) is 0 Å². The van der Waals surface area contributed by atoms with E-state index in [0.29, 0.717) is 29.3 Å². The minimum atomic E-state index is -4.13. The highest BCUT2D eigenvalue weighted by Crippen LogP contribution is 2.27. The average molecular weight is 285 g/mol. The third-order valence-electron chi connectivity index (χ3n) is 2.45. The molecule has 5 heteroatoms. The lowest BCUT2D eigenvalue weighted by Gasteiger charge is -2.12. The minimum absolute atomic E-state index is 0.0261. The summed E-state index contributed by atoms with van der Waals surface area (Å²) < 4.78 is 36.5. The summed E-state index contributed by atoms with van der Waals surface area (Å²) in [5.41, 5.74) is 1.46. The molecule has 17 heavy (non-hydrogen) atoms. The summed E-state index contributed by atoms with van der Waals surface area (Å²) >= 11 is 11.6. The van der Waals surface area contributed by atoms with E-state index in [1.165, 1.54) is 0 Å². The molecule has 1 aromatic carbocycles. The van der Waals surface area contributed by atoms with Gasteiger partial charge in [0, 0.05) is 17.3 Å². The molecule has 0 unspecified atom stereocenters. The molecule has 0 heterocycles. The second kappa shape index (κ2) is 6.50. The van der Waals surface area contributed by atoms with Crippen molar-refractivity contribution in [3.05, 3.63) is 34.3 Å². The Morgan fingerprint density at radius 3 is 2.41 bits per heavy atom. The van der Waals surface area contributed by atoms with Crippen molar-refractivity contribution in [2.24, 2.45) is 0 Å². The fourth-order valence-corrected chi connectivity index (χ4v) is 2.06. The van der Waals surface area contributed by atoms with Gasteiger partial charge in [-0.1, -0.05) is 23.7 Å². The molecule has 1 rings (SSSR count). The van der Waals surface area contributed by atoms with E-state index in [1.54, 1.807) is 18.2 Å². The zero-order chi connectivity index (χ0) is 12.9. The Labute approximate surface area is 109 Å². The molecule has 0 fully saturated rings. The molecular weight excluding hydrogens is 272 g/mol. The Balaban J connectivity index is 2.79. The van der Waals surface area contributed by atoms with Crippen molar-refractivity contribution in [3.8, 4) is 0 Å². The zero-order valence-corrected chi connectivity index (χ0v) is 10.7. The first-order chi connectivity index (χ1) is 7.94. The van der Waals surface area contributed by atoms with Crippen molar-refractivity contribution in [3.63, 3.8) is 0 Å². The van der Waals surface area contributed by atoms with Gasteiger partial charge in [-0.15, -0.1) is 11.6 Å². The van der Waals surface area contributed by atoms with Gasteiger partial charge in [0.2, 0.25) is 0 Å². The Kier molecular flexibility index (Phi) is 5.60. The number of rotatable bonds is 5. The highest BCUT2D eigenvalue weighted by molar-refractivity contribution is 6.31. The largest absolute Gasteiger partial charge is 0.389 e. The fraction of sp³-hybridized carbons (Fsp3) is 0.500. The number of halogens is 5. The first-order valence-electron chi connectivity index (χ1n) is 5.33. The van der Waals surface area contributed by atoms with Crippen LogP contribution in [0.3, 0.4) is 0 Å². The lowest BCUT2D eigenvalue weighted by Crippen LogP contribution is -2.09. The molecule has 0 saturated carbocycles. The first-order valence-corrected chi connectivity index (χ1v) is 6.24. The molecule has 0 nitrogen and oxygen atoms in total. The van der Waals surface area contributed by atoms with Gasteiger partial charge in [0.05, 0.1) is 0 Å². The maximum Gasteiger partial charge on any atom is 0.389 e. The van der Waals surface area contributed by atoms with Crippen LogP contribution in [0.15, 0.2) is 18.2 Å². The lowest BCUT2D eigenvalue weighted by atomic mass is 9.99. The van der Waals surface area contributed by atoms with Crippen LogP contribution in [0, 0.1) is 0 Å². The molecule has 1 aromatic rings. The zero-order valence-electron chi connectivity index (χ0n) is 9.16. The molecular formula is C12H13Cl2F3. The monoisotopic (exact) mass is 284 g/mol. The van der Waals surface area contributed by atoms with Crippen LogP contribution in [-0.2, 0) is 12.8 Å². The van der Waals surface area contributed by atoms with Gasteiger partial charge in [0.1, 0.15) is 0 Å². The van der Waals surface area contributed by atoms with E-state index in [0.717, 1.165) is 5.56 Å². The molecule has 0 aliphatic heterocycles. The van der Waals surface area contributed by atoms with Gasteiger partial charge in [-0.25, -0.2) is 0 Å². The fourth-order valence-electron chi connectivity index (χ4n) is 1.64. The van der Waals surface area contributed by atoms with Gasteiger partial charge in [-0.05, 0) is 36.5 Å². The van der Waals surface area contributed by atoms with Crippen LogP contribution in [0.2, 0.25) is 5.02 Å². The quantitative estimate of drug-likeness (QED) is 0.667. The van der Waals surface area contributed by atoms with Crippen molar-refractivity contribution < 1.29 is 13.2 Å². The number of aryl methyl sites for hydroxylation is 1. The summed E-state index contributed by atoms with van der Waals surface area (Å²) in [4.78, 5) is 0. The molecule has 0 aromatic heterocycles. The third kappa shape index (κ3) is 5.17. The van der Waals surface area contributed by atoms with Gasteiger partial charge in [0.25, 0.3) is 0 Å². The molecule has 0 N–H and O–H groups in total. The molecule has 0 saturated heterocycles. The van der Waals surface area contributed by atoms with Crippen molar-refractivity contribution in [1.29, 1.82) is 0 Å². The second-order valence-corrected chi connectivity index (χ2v) is 4.57. The number of hydrogen-bond acceptors (Lipinski definition) is 0. The summed E-state index contributed by atoms with van der Waals surface area (Å²) in [7, 11) is 0. The van der Waals surface area contributed by atoms with E-state index in [-0.39, 0.29) is 6.42 Å². The van der Waals surface area contributed by atoms with Crippen molar-refractivity contribution >= 4 is 23.2 Å². The predicted molar refractivity (Wildman–Crippen MR) is 64.9 cm³/mol. The van der Waals surface area contributed by atoms with Crippen LogP contribution in [0.25, 0.3) is 0 Å².